The molecule has 0 nitrogen and oxygen atoms in total. The summed E-state index contributed by atoms with van der Waals surface area (Å²) in [5, 5.41) is 0. The first-order chi connectivity index (χ1) is 4.74. The standard InChI is InChI=1S/C7H6BrClS/c1-2-3-5-4-6(8)10-7(5)9/h2,4H,1,3H2. The molecule has 0 bridgehead atoms. The second-order valence-electron chi connectivity index (χ2n) is 1.84. The highest BCUT2D eigenvalue weighted by Crippen LogP contribution is 2.31. The summed E-state index contributed by atoms with van der Waals surface area (Å²) in [6, 6.07) is 2.02. The third kappa shape index (κ3) is 1.84. The van der Waals surface area contributed by atoms with Gasteiger partial charge in [-0.25, -0.2) is 0 Å². The molecule has 0 saturated heterocycles. The van der Waals surface area contributed by atoms with Crippen LogP contribution in [0.25, 0.3) is 0 Å². The molecule has 1 heterocycles. The van der Waals surface area contributed by atoms with E-state index in [2.05, 4.69) is 22.5 Å². The van der Waals surface area contributed by atoms with Gasteiger partial charge in [-0.1, -0.05) is 17.7 Å². The number of hydrogen-bond donors (Lipinski definition) is 0. The summed E-state index contributed by atoms with van der Waals surface area (Å²) >= 11 is 10.8. The molecule has 0 aliphatic carbocycles. The summed E-state index contributed by atoms with van der Waals surface area (Å²) in [5.41, 5.74) is 1.15. The number of rotatable bonds is 2. The molecular weight excluding hydrogens is 232 g/mol. The average molecular weight is 238 g/mol. The van der Waals surface area contributed by atoms with E-state index < -0.39 is 0 Å². The number of allylic oxidation sites excluding steroid dienone is 1. The summed E-state index contributed by atoms with van der Waals surface area (Å²) in [6.07, 6.45) is 2.70. The van der Waals surface area contributed by atoms with Gasteiger partial charge in [0, 0.05) is 0 Å². The minimum absolute atomic E-state index is 0.848. The van der Waals surface area contributed by atoms with Crippen molar-refractivity contribution in [2.24, 2.45) is 0 Å². The summed E-state index contributed by atoms with van der Waals surface area (Å²) in [7, 11) is 0. The van der Waals surface area contributed by atoms with Gasteiger partial charge >= 0.3 is 0 Å². The van der Waals surface area contributed by atoms with Crippen molar-refractivity contribution in [2.75, 3.05) is 0 Å². The molecule has 0 spiro atoms. The Hall–Kier alpha value is 0.210. The molecule has 0 amide bonds. The first-order valence-electron chi connectivity index (χ1n) is 2.78. The molecule has 0 radical (unpaired) electrons. The Morgan fingerprint density at radius 1 is 1.80 bits per heavy atom. The van der Waals surface area contributed by atoms with Crippen molar-refractivity contribution in [1.82, 2.24) is 0 Å². The molecule has 1 aromatic heterocycles. The molecular formula is C7H6BrClS. The maximum absolute atomic E-state index is 5.86. The van der Waals surface area contributed by atoms with Crippen molar-refractivity contribution < 1.29 is 0 Å². The van der Waals surface area contributed by atoms with Crippen LogP contribution in [0.5, 0.6) is 0 Å². The number of hydrogen-bond acceptors (Lipinski definition) is 1. The lowest BCUT2D eigenvalue weighted by Gasteiger charge is -1.87. The Morgan fingerprint density at radius 2 is 2.50 bits per heavy atom. The van der Waals surface area contributed by atoms with Crippen molar-refractivity contribution in [3.05, 3.63) is 32.4 Å². The van der Waals surface area contributed by atoms with E-state index in [1.807, 2.05) is 12.1 Å². The van der Waals surface area contributed by atoms with E-state index in [1.165, 1.54) is 0 Å². The van der Waals surface area contributed by atoms with E-state index in [0.29, 0.717) is 0 Å². The van der Waals surface area contributed by atoms with Crippen LogP contribution in [0.15, 0.2) is 22.5 Å². The van der Waals surface area contributed by atoms with Crippen molar-refractivity contribution in [3.63, 3.8) is 0 Å². The van der Waals surface area contributed by atoms with Crippen molar-refractivity contribution >= 4 is 38.9 Å². The average Bonchev–Trinajstić information content (AvgIpc) is 2.13. The second-order valence-corrected chi connectivity index (χ2v) is 4.88. The monoisotopic (exact) mass is 236 g/mol. The van der Waals surface area contributed by atoms with Crippen LogP contribution in [-0.4, -0.2) is 0 Å². The van der Waals surface area contributed by atoms with Gasteiger partial charge in [-0.05, 0) is 34.0 Å². The van der Waals surface area contributed by atoms with Crippen LogP contribution >= 0.6 is 38.9 Å². The van der Waals surface area contributed by atoms with Crippen LogP contribution in [0.1, 0.15) is 5.56 Å². The molecule has 0 atom stereocenters. The highest BCUT2D eigenvalue weighted by molar-refractivity contribution is 9.11. The Bertz CT molecular complexity index is 242. The minimum atomic E-state index is 0.848. The zero-order valence-corrected chi connectivity index (χ0v) is 8.39. The first-order valence-corrected chi connectivity index (χ1v) is 4.77. The molecule has 0 aliphatic heterocycles. The van der Waals surface area contributed by atoms with Crippen LogP contribution in [-0.2, 0) is 6.42 Å². The van der Waals surface area contributed by atoms with Gasteiger partial charge in [0.05, 0.1) is 8.12 Å². The van der Waals surface area contributed by atoms with E-state index in [1.54, 1.807) is 11.3 Å². The van der Waals surface area contributed by atoms with Crippen LogP contribution in [0.2, 0.25) is 4.34 Å². The molecule has 0 N–H and O–H groups in total. The summed E-state index contributed by atoms with van der Waals surface area (Å²) in [6.45, 7) is 3.64. The lowest BCUT2D eigenvalue weighted by Crippen LogP contribution is -1.72. The fourth-order valence-corrected chi connectivity index (χ4v) is 2.74. The van der Waals surface area contributed by atoms with Gasteiger partial charge in [0.25, 0.3) is 0 Å². The minimum Gasteiger partial charge on any atom is -0.116 e. The zero-order chi connectivity index (χ0) is 7.56. The largest absolute Gasteiger partial charge is 0.116 e. The molecule has 0 aromatic carbocycles. The van der Waals surface area contributed by atoms with Crippen molar-refractivity contribution in [2.45, 2.75) is 6.42 Å². The van der Waals surface area contributed by atoms with E-state index >= 15 is 0 Å². The third-order valence-electron chi connectivity index (χ3n) is 1.09. The van der Waals surface area contributed by atoms with Gasteiger partial charge in [-0.15, -0.1) is 17.9 Å². The number of halogens is 2. The molecule has 0 fully saturated rings. The van der Waals surface area contributed by atoms with Crippen molar-refractivity contribution in [1.29, 1.82) is 0 Å². The fourth-order valence-electron chi connectivity index (χ4n) is 0.669. The van der Waals surface area contributed by atoms with E-state index in [4.69, 9.17) is 11.6 Å². The van der Waals surface area contributed by atoms with E-state index in [-0.39, 0.29) is 0 Å². The van der Waals surface area contributed by atoms with E-state index in [0.717, 1.165) is 20.1 Å². The highest BCUT2D eigenvalue weighted by Gasteiger charge is 2.02. The number of thiophene rings is 1. The normalized spacial score (nSPS) is 9.80. The highest BCUT2D eigenvalue weighted by atomic mass is 79.9. The summed E-state index contributed by atoms with van der Waals surface area (Å²) < 4.78 is 1.93. The lowest BCUT2D eigenvalue weighted by molar-refractivity contribution is 1.31. The molecule has 0 unspecified atom stereocenters. The van der Waals surface area contributed by atoms with Crippen LogP contribution in [0.3, 0.4) is 0 Å². The maximum Gasteiger partial charge on any atom is 0.0975 e. The van der Waals surface area contributed by atoms with Gasteiger partial charge in [0.1, 0.15) is 0 Å². The van der Waals surface area contributed by atoms with Gasteiger partial charge in [0.2, 0.25) is 0 Å². The molecule has 1 aromatic rings. The molecule has 0 aliphatic rings. The first kappa shape index (κ1) is 8.31. The van der Waals surface area contributed by atoms with E-state index in [9.17, 15) is 0 Å². The lowest BCUT2D eigenvalue weighted by atomic mass is 10.2. The fraction of sp³-hybridized carbons (Fsp3) is 0.143. The topological polar surface area (TPSA) is 0 Å². The smallest absolute Gasteiger partial charge is 0.0975 e. The van der Waals surface area contributed by atoms with Gasteiger partial charge in [-0.3, -0.25) is 0 Å². The summed E-state index contributed by atoms with van der Waals surface area (Å²) in [4.78, 5) is 0. The zero-order valence-electron chi connectivity index (χ0n) is 5.23. The quantitative estimate of drug-likeness (QED) is 0.685. The Kier molecular flexibility index (Phi) is 2.96. The molecule has 54 valence electrons. The van der Waals surface area contributed by atoms with Gasteiger partial charge in [0.15, 0.2) is 0 Å². The van der Waals surface area contributed by atoms with Crippen LogP contribution in [0, 0.1) is 0 Å². The Balaban J connectivity index is 2.91. The predicted molar refractivity (Wildman–Crippen MR) is 50.9 cm³/mol. The van der Waals surface area contributed by atoms with Crippen LogP contribution < -0.4 is 0 Å². The maximum atomic E-state index is 5.86. The third-order valence-corrected chi connectivity index (χ3v) is 3.03. The van der Waals surface area contributed by atoms with Gasteiger partial charge < -0.3 is 0 Å². The SMILES string of the molecule is C=CCc1cc(Br)sc1Cl. The molecule has 1 rings (SSSR count). The Labute approximate surface area is 77.6 Å². The molecule has 3 heteroatoms. The van der Waals surface area contributed by atoms with Crippen LogP contribution in [0.4, 0.5) is 0 Å². The summed E-state index contributed by atoms with van der Waals surface area (Å²) in [5.74, 6) is 0. The second kappa shape index (κ2) is 3.56. The Morgan fingerprint density at radius 3 is 2.90 bits per heavy atom. The predicted octanol–water partition coefficient (Wildman–Crippen LogP) is 3.89. The molecule has 0 saturated carbocycles. The molecule has 10 heavy (non-hydrogen) atoms. The van der Waals surface area contributed by atoms with Gasteiger partial charge in [-0.2, -0.15) is 0 Å². The van der Waals surface area contributed by atoms with Crippen molar-refractivity contribution in [3.8, 4) is 0 Å².